The number of nitrogens with zero attached hydrogens (tertiary/aromatic N) is 1. The van der Waals surface area contributed by atoms with Crippen molar-refractivity contribution < 1.29 is 19.2 Å². The van der Waals surface area contributed by atoms with Crippen LogP contribution in [0.2, 0.25) is 0 Å². The lowest BCUT2D eigenvalue weighted by Crippen LogP contribution is -2.45. The van der Waals surface area contributed by atoms with E-state index in [4.69, 9.17) is 0 Å². The molecule has 126 valence electrons. The predicted octanol–water partition coefficient (Wildman–Crippen LogP) is 2.51. The Kier molecular flexibility index (Phi) is 4.19. The monoisotopic (exact) mass is 336 g/mol. The van der Waals surface area contributed by atoms with E-state index in [9.17, 15) is 19.2 Å². The van der Waals surface area contributed by atoms with E-state index in [1.807, 2.05) is 0 Å². The Morgan fingerprint density at radius 1 is 0.920 bits per heavy atom. The topological polar surface area (TPSA) is 83.6 Å². The summed E-state index contributed by atoms with van der Waals surface area (Å²) in [5.41, 5.74) is 1.63. The molecular formula is C19H16N2O4. The van der Waals surface area contributed by atoms with Gasteiger partial charge in [0.2, 0.25) is 5.91 Å². The fourth-order valence-electron chi connectivity index (χ4n) is 2.71. The zero-order valence-electron chi connectivity index (χ0n) is 13.8. The SMILES string of the molecule is CC(=O)c1ccc(NC(=O)[C@@H](C)N2C(=O)c3ccccc3C2=O)cc1. The van der Waals surface area contributed by atoms with Crippen LogP contribution in [-0.2, 0) is 4.79 Å². The molecule has 0 bridgehead atoms. The smallest absolute Gasteiger partial charge is 0.262 e. The van der Waals surface area contributed by atoms with Crippen LogP contribution >= 0.6 is 0 Å². The van der Waals surface area contributed by atoms with Gasteiger partial charge in [0.15, 0.2) is 5.78 Å². The molecule has 0 saturated heterocycles. The summed E-state index contributed by atoms with van der Waals surface area (Å²) in [5.74, 6) is -1.51. The second-order valence-electron chi connectivity index (χ2n) is 5.82. The lowest BCUT2D eigenvalue weighted by Gasteiger charge is -2.21. The van der Waals surface area contributed by atoms with Crippen LogP contribution in [0.25, 0.3) is 0 Å². The first kappa shape index (κ1) is 16.6. The van der Waals surface area contributed by atoms with Crippen LogP contribution in [0.4, 0.5) is 5.69 Å². The Hall–Kier alpha value is -3.28. The van der Waals surface area contributed by atoms with E-state index in [0.29, 0.717) is 22.4 Å². The zero-order valence-corrected chi connectivity index (χ0v) is 13.8. The number of anilines is 1. The Morgan fingerprint density at radius 3 is 1.92 bits per heavy atom. The first-order valence-corrected chi connectivity index (χ1v) is 7.79. The molecule has 2 aromatic rings. The fourth-order valence-corrected chi connectivity index (χ4v) is 2.71. The average molecular weight is 336 g/mol. The van der Waals surface area contributed by atoms with Crippen molar-refractivity contribution in [2.75, 3.05) is 5.32 Å². The van der Waals surface area contributed by atoms with Crippen molar-refractivity contribution in [1.29, 1.82) is 0 Å². The Labute approximate surface area is 144 Å². The van der Waals surface area contributed by atoms with Crippen molar-refractivity contribution >= 4 is 29.2 Å². The fraction of sp³-hybridized carbons (Fsp3) is 0.158. The summed E-state index contributed by atoms with van der Waals surface area (Å²) in [5, 5.41) is 2.66. The maximum Gasteiger partial charge on any atom is 0.262 e. The van der Waals surface area contributed by atoms with Crippen LogP contribution in [0.5, 0.6) is 0 Å². The quantitative estimate of drug-likeness (QED) is 0.687. The van der Waals surface area contributed by atoms with Gasteiger partial charge in [-0.2, -0.15) is 0 Å². The molecule has 0 spiro atoms. The zero-order chi connectivity index (χ0) is 18.1. The third-order valence-electron chi connectivity index (χ3n) is 4.15. The lowest BCUT2D eigenvalue weighted by molar-refractivity contribution is -0.119. The molecule has 1 aliphatic rings. The number of carbonyl (C=O) groups excluding carboxylic acids is 4. The number of Topliss-reactive ketones (excluding diaryl/α,β-unsaturated/α-hetero) is 1. The van der Waals surface area contributed by atoms with Crippen LogP contribution in [0.1, 0.15) is 44.9 Å². The summed E-state index contributed by atoms with van der Waals surface area (Å²) in [6, 6.07) is 11.9. The molecule has 6 nitrogen and oxygen atoms in total. The molecule has 25 heavy (non-hydrogen) atoms. The minimum atomic E-state index is -0.958. The minimum absolute atomic E-state index is 0.0720. The summed E-state index contributed by atoms with van der Waals surface area (Å²) < 4.78 is 0. The number of hydrogen-bond donors (Lipinski definition) is 1. The third kappa shape index (κ3) is 2.94. The van der Waals surface area contributed by atoms with Gasteiger partial charge in [0, 0.05) is 11.3 Å². The molecule has 0 fully saturated rings. The van der Waals surface area contributed by atoms with E-state index < -0.39 is 23.8 Å². The average Bonchev–Trinajstić information content (AvgIpc) is 2.86. The van der Waals surface area contributed by atoms with Gasteiger partial charge in [-0.05, 0) is 50.2 Å². The highest BCUT2D eigenvalue weighted by Crippen LogP contribution is 2.25. The maximum atomic E-state index is 12.4. The van der Waals surface area contributed by atoms with Crippen LogP contribution in [0.15, 0.2) is 48.5 Å². The number of nitrogens with one attached hydrogen (secondary N) is 1. The van der Waals surface area contributed by atoms with Crippen molar-refractivity contribution in [3.63, 3.8) is 0 Å². The number of rotatable bonds is 4. The molecule has 0 aromatic heterocycles. The van der Waals surface area contributed by atoms with Crippen molar-refractivity contribution in [1.82, 2.24) is 4.90 Å². The molecule has 1 atom stereocenters. The number of carbonyl (C=O) groups is 4. The first-order valence-electron chi connectivity index (χ1n) is 7.79. The predicted molar refractivity (Wildman–Crippen MR) is 91.5 cm³/mol. The summed E-state index contributed by atoms with van der Waals surface area (Å²) in [7, 11) is 0. The molecule has 3 amide bonds. The Balaban J connectivity index is 1.76. The second kappa shape index (κ2) is 6.32. The molecule has 1 heterocycles. The van der Waals surface area contributed by atoms with Crippen molar-refractivity contribution in [3.05, 3.63) is 65.2 Å². The maximum absolute atomic E-state index is 12.4. The van der Waals surface area contributed by atoms with Gasteiger partial charge in [-0.25, -0.2) is 0 Å². The number of fused-ring (bicyclic) bond motifs is 1. The van der Waals surface area contributed by atoms with Gasteiger partial charge in [-0.1, -0.05) is 12.1 Å². The summed E-state index contributed by atoms with van der Waals surface area (Å²) in [6.07, 6.45) is 0. The lowest BCUT2D eigenvalue weighted by atomic mass is 10.1. The second-order valence-corrected chi connectivity index (χ2v) is 5.82. The summed E-state index contributed by atoms with van der Waals surface area (Å²) in [4.78, 5) is 49.5. The molecule has 0 saturated carbocycles. The van der Waals surface area contributed by atoms with Gasteiger partial charge in [-0.15, -0.1) is 0 Å². The highest BCUT2D eigenvalue weighted by atomic mass is 16.2. The Bertz CT molecular complexity index is 852. The van der Waals surface area contributed by atoms with Gasteiger partial charge in [0.05, 0.1) is 11.1 Å². The largest absolute Gasteiger partial charge is 0.324 e. The van der Waals surface area contributed by atoms with Crippen molar-refractivity contribution in [3.8, 4) is 0 Å². The molecule has 3 rings (SSSR count). The molecule has 0 unspecified atom stereocenters. The van der Waals surface area contributed by atoms with E-state index in [2.05, 4.69) is 5.32 Å². The number of benzene rings is 2. The molecule has 0 radical (unpaired) electrons. The molecule has 1 N–H and O–H groups in total. The van der Waals surface area contributed by atoms with Gasteiger partial charge in [0.25, 0.3) is 11.8 Å². The molecule has 1 aliphatic heterocycles. The van der Waals surface area contributed by atoms with Gasteiger partial charge < -0.3 is 5.32 Å². The van der Waals surface area contributed by atoms with E-state index >= 15 is 0 Å². The van der Waals surface area contributed by atoms with Crippen LogP contribution < -0.4 is 5.32 Å². The van der Waals surface area contributed by atoms with Crippen LogP contribution in [0.3, 0.4) is 0 Å². The van der Waals surface area contributed by atoms with Gasteiger partial charge in [0.1, 0.15) is 6.04 Å². The highest BCUT2D eigenvalue weighted by Gasteiger charge is 2.40. The normalized spacial score (nSPS) is 14.2. The van der Waals surface area contributed by atoms with E-state index in [-0.39, 0.29) is 5.78 Å². The molecule has 2 aromatic carbocycles. The number of hydrogen-bond acceptors (Lipinski definition) is 4. The van der Waals surface area contributed by atoms with E-state index in [0.717, 1.165) is 4.90 Å². The first-order chi connectivity index (χ1) is 11.9. The summed E-state index contributed by atoms with van der Waals surface area (Å²) in [6.45, 7) is 2.96. The highest BCUT2D eigenvalue weighted by molar-refractivity contribution is 6.23. The van der Waals surface area contributed by atoms with Crippen molar-refractivity contribution in [2.45, 2.75) is 19.9 Å². The minimum Gasteiger partial charge on any atom is -0.324 e. The van der Waals surface area contributed by atoms with E-state index in [1.165, 1.54) is 13.8 Å². The Morgan fingerprint density at radius 2 is 1.44 bits per heavy atom. The number of amides is 3. The summed E-state index contributed by atoms with van der Waals surface area (Å²) >= 11 is 0. The standard InChI is InChI=1S/C19H16N2O4/c1-11(17(23)20-14-9-7-13(8-10-14)12(2)22)21-18(24)15-5-3-4-6-16(15)19(21)25/h3-11H,1-2H3,(H,20,23)/t11-/m1/s1. The van der Waals surface area contributed by atoms with Crippen molar-refractivity contribution in [2.24, 2.45) is 0 Å². The van der Waals surface area contributed by atoms with Gasteiger partial charge in [-0.3, -0.25) is 24.1 Å². The number of imide groups is 1. The molecule has 0 aliphatic carbocycles. The third-order valence-corrected chi connectivity index (χ3v) is 4.15. The van der Waals surface area contributed by atoms with Crippen LogP contribution in [-0.4, -0.2) is 34.4 Å². The van der Waals surface area contributed by atoms with Gasteiger partial charge >= 0.3 is 0 Å². The number of ketones is 1. The van der Waals surface area contributed by atoms with E-state index in [1.54, 1.807) is 48.5 Å². The molecular weight excluding hydrogens is 320 g/mol. The molecule has 6 heteroatoms. The van der Waals surface area contributed by atoms with Crippen LogP contribution in [0, 0.1) is 0 Å².